The van der Waals surface area contributed by atoms with E-state index in [4.69, 9.17) is 10.5 Å². The molecule has 0 aliphatic rings. The highest BCUT2D eigenvalue weighted by molar-refractivity contribution is 5.53. The van der Waals surface area contributed by atoms with E-state index in [0.29, 0.717) is 17.1 Å². The van der Waals surface area contributed by atoms with Gasteiger partial charge in [-0.25, -0.2) is 9.89 Å². The maximum atomic E-state index is 11.4. The highest BCUT2D eigenvalue weighted by Crippen LogP contribution is 2.25. The van der Waals surface area contributed by atoms with Crippen molar-refractivity contribution in [2.75, 3.05) is 5.73 Å². The van der Waals surface area contributed by atoms with Crippen molar-refractivity contribution in [3.8, 4) is 11.6 Å². The number of rotatable bonds is 2. The van der Waals surface area contributed by atoms with E-state index in [1.165, 1.54) is 0 Å². The largest absolute Gasteiger partial charge is 0.435 e. The van der Waals surface area contributed by atoms with Gasteiger partial charge >= 0.3 is 5.69 Å². The Morgan fingerprint density at radius 2 is 2.06 bits per heavy atom. The van der Waals surface area contributed by atoms with Crippen LogP contribution in [0.25, 0.3) is 5.65 Å². The van der Waals surface area contributed by atoms with Crippen LogP contribution in [0.5, 0.6) is 11.6 Å². The molecule has 0 atom stereocenters. The zero-order valence-electron chi connectivity index (χ0n) is 9.20. The number of para-hydroxylation sites is 2. The third-order valence-corrected chi connectivity index (χ3v) is 2.38. The van der Waals surface area contributed by atoms with Gasteiger partial charge in [-0.2, -0.15) is 9.61 Å². The van der Waals surface area contributed by atoms with E-state index in [0.717, 1.165) is 4.52 Å². The van der Waals surface area contributed by atoms with Crippen LogP contribution in [0.2, 0.25) is 0 Å². The second-order valence-electron chi connectivity index (χ2n) is 3.61. The summed E-state index contributed by atoms with van der Waals surface area (Å²) in [7, 11) is 0. The number of H-pyrrole nitrogens is 1. The number of hydrogen-bond acceptors (Lipinski definition) is 5. The first kappa shape index (κ1) is 10.3. The molecule has 2 heterocycles. The van der Waals surface area contributed by atoms with Crippen molar-refractivity contribution in [1.82, 2.24) is 19.8 Å². The summed E-state index contributed by atoms with van der Waals surface area (Å²) < 4.78 is 6.62. The van der Waals surface area contributed by atoms with Gasteiger partial charge in [-0.1, -0.05) is 12.1 Å². The van der Waals surface area contributed by atoms with Crippen LogP contribution < -0.4 is 16.2 Å². The van der Waals surface area contributed by atoms with Crippen molar-refractivity contribution in [2.45, 2.75) is 0 Å². The van der Waals surface area contributed by atoms with Gasteiger partial charge in [0.25, 0.3) is 0 Å². The van der Waals surface area contributed by atoms with E-state index in [-0.39, 0.29) is 5.88 Å². The molecule has 0 aliphatic carbocycles. The molecule has 3 rings (SSSR count). The molecule has 2 aromatic heterocycles. The number of nitrogens with two attached hydrogens (primary N) is 1. The van der Waals surface area contributed by atoms with Crippen molar-refractivity contribution < 1.29 is 4.74 Å². The molecule has 0 bridgehead atoms. The highest BCUT2D eigenvalue weighted by Gasteiger charge is 2.06. The molecule has 7 heteroatoms. The lowest BCUT2D eigenvalue weighted by atomic mass is 10.3. The van der Waals surface area contributed by atoms with E-state index in [9.17, 15) is 4.79 Å². The van der Waals surface area contributed by atoms with Gasteiger partial charge in [-0.05, 0) is 18.2 Å². The lowest BCUT2D eigenvalue weighted by Crippen LogP contribution is -2.12. The number of aromatic nitrogens is 4. The maximum absolute atomic E-state index is 11.4. The predicted octanol–water partition coefficient (Wildman–Crippen LogP) is 0.792. The Balaban J connectivity index is 2.03. The zero-order chi connectivity index (χ0) is 12.5. The van der Waals surface area contributed by atoms with Gasteiger partial charge < -0.3 is 10.5 Å². The fraction of sp³-hybridized carbons (Fsp3) is 0. The minimum atomic E-state index is -0.420. The molecule has 0 spiro atoms. The van der Waals surface area contributed by atoms with Crippen LogP contribution >= 0.6 is 0 Å². The van der Waals surface area contributed by atoms with Crippen LogP contribution in [-0.4, -0.2) is 19.8 Å². The van der Waals surface area contributed by atoms with E-state index in [1.54, 1.807) is 36.4 Å². The minimum absolute atomic E-state index is 0.268. The van der Waals surface area contributed by atoms with Crippen LogP contribution in [0.4, 0.5) is 5.69 Å². The highest BCUT2D eigenvalue weighted by atomic mass is 16.5. The number of hydrogen-bond donors (Lipinski definition) is 2. The van der Waals surface area contributed by atoms with Crippen LogP contribution in [0.1, 0.15) is 0 Å². The molecule has 1 aromatic carbocycles. The molecule has 0 amide bonds. The molecule has 3 aromatic rings. The van der Waals surface area contributed by atoms with E-state index in [2.05, 4.69) is 15.3 Å². The van der Waals surface area contributed by atoms with Crippen molar-refractivity contribution in [2.24, 2.45) is 0 Å². The van der Waals surface area contributed by atoms with Gasteiger partial charge in [0.15, 0.2) is 11.4 Å². The number of ether oxygens (including phenoxy) is 1. The Kier molecular flexibility index (Phi) is 2.23. The Bertz CT molecular complexity index is 761. The summed E-state index contributed by atoms with van der Waals surface area (Å²) >= 11 is 0. The van der Waals surface area contributed by atoms with Gasteiger partial charge in [-0.3, -0.25) is 0 Å². The topological polar surface area (TPSA) is 98.3 Å². The monoisotopic (exact) mass is 243 g/mol. The number of nitrogens with zero attached hydrogens (tertiary/aromatic N) is 3. The molecule has 7 nitrogen and oxygen atoms in total. The lowest BCUT2D eigenvalue weighted by Gasteiger charge is -2.06. The fourth-order valence-electron chi connectivity index (χ4n) is 1.53. The number of nitrogen functional groups attached to an aromatic ring is 1. The first-order chi connectivity index (χ1) is 8.74. The Labute approximate surface area is 101 Å². The van der Waals surface area contributed by atoms with Crippen LogP contribution in [0, 0.1) is 0 Å². The summed E-state index contributed by atoms with van der Waals surface area (Å²) in [4.78, 5) is 11.4. The summed E-state index contributed by atoms with van der Waals surface area (Å²) in [5.74, 6) is 0.754. The van der Waals surface area contributed by atoms with E-state index < -0.39 is 5.69 Å². The van der Waals surface area contributed by atoms with Crippen LogP contribution in [0.3, 0.4) is 0 Å². The Morgan fingerprint density at radius 3 is 2.89 bits per heavy atom. The molecule has 3 N–H and O–H groups in total. The molecule has 0 saturated carbocycles. The quantitative estimate of drug-likeness (QED) is 0.648. The number of benzene rings is 1. The normalized spacial score (nSPS) is 10.7. The molecular weight excluding hydrogens is 234 g/mol. The molecule has 0 saturated heterocycles. The first-order valence-electron chi connectivity index (χ1n) is 5.21. The number of anilines is 1. The van der Waals surface area contributed by atoms with Gasteiger partial charge in [-0.15, -0.1) is 5.10 Å². The standard InChI is InChI=1S/C11H9N5O2/c12-7-3-1-2-4-8(7)18-10-6-5-9-13-14-11(17)16(9)15-10/h1-6H,12H2,(H,14,17). The molecule has 0 aliphatic heterocycles. The maximum Gasteiger partial charge on any atom is 0.364 e. The smallest absolute Gasteiger partial charge is 0.364 e. The van der Waals surface area contributed by atoms with E-state index >= 15 is 0 Å². The van der Waals surface area contributed by atoms with Crippen molar-refractivity contribution in [3.63, 3.8) is 0 Å². The lowest BCUT2D eigenvalue weighted by molar-refractivity contribution is 0.453. The molecule has 18 heavy (non-hydrogen) atoms. The van der Waals surface area contributed by atoms with Crippen LogP contribution in [0.15, 0.2) is 41.2 Å². The van der Waals surface area contributed by atoms with Gasteiger partial charge in [0, 0.05) is 6.07 Å². The number of fused-ring (bicyclic) bond motifs is 1. The van der Waals surface area contributed by atoms with Crippen LogP contribution in [-0.2, 0) is 0 Å². The average Bonchev–Trinajstić information content (AvgIpc) is 2.74. The summed E-state index contributed by atoms with van der Waals surface area (Å²) in [5.41, 5.74) is 6.25. The van der Waals surface area contributed by atoms with Crippen molar-refractivity contribution in [1.29, 1.82) is 0 Å². The zero-order valence-corrected chi connectivity index (χ0v) is 9.20. The Hall–Kier alpha value is -2.83. The summed E-state index contributed by atoms with van der Waals surface area (Å²) in [5, 5.41) is 10.1. The van der Waals surface area contributed by atoms with Gasteiger partial charge in [0.05, 0.1) is 5.69 Å². The Morgan fingerprint density at radius 1 is 1.22 bits per heavy atom. The van der Waals surface area contributed by atoms with E-state index in [1.807, 2.05) is 0 Å². The second kappa shape index (κ2) is 3.88. The predicted molar refractivity (Wildman–Crippen MR) is 64.5 cm³/mol. The summed E-state index contributed by atoms with van der Waals surface area (Å²) in [6, 6.07) is 10.3. The third kappa shape index (κ3) is 1.67. The molecular formula is C11H9N5O2. The molecule has 0 fully saturated rings. The van der Waals surface area contributed by atoms with Crippen molar-refractivity contribution >= 4 is 11.3 Å². The fourth-order valence-corrected chi connectivity index (χ4v) is 1.53. The second-order valence-corrected chi connectivity index (χ2v) is 3.61. The average molecular weight is 243 g/mol. The van der Waals surface area contributed by atoms with Gasteiger partial charge in [0.1, 0.15) is 0 Å². The number of aromatic amines is 1. The van der Waals surface area contributed by atoms with Crippen molar-refractivity contribution in [3.05, 3.63) is 46.9 Å². The molecule has 90 valence electrons. The molecule has 0 radical (unpaired) electrons. The summed E-state index contributed by atoms with van der Waals surface area (Å²) in [6.07, 6.45) is 0. The summed E-state index contributed by atoms with van der Waals surface area (Å²) in [6.45, 7) is 0. The SMILES string of the molecule is Nc1ccccc1Oc1ccc2n[nH]c(=O)n2n1. The number of nitrogens with one attached hydrogen (secondary N) is 1. The minimum Gasteiger partial charge on any atom is -0.435 e. The third-order valence-electron chi connectivity index (χ3n) is 2.38. The molecule has 0 unspecified atom stereocenters. The van der Waals surface area contributed by atoms with Gasteiger partial charge in [0.2, 0.25) is 5.88 Å². The first-order valence-corrected chi connectivity index (χ1v) is 5.21.